The van der Waals surface area contributed by atoms with Crippen molar-refractivity contribution in [1.82, 2.24) is 0 Å². The SMILES string of the molecule is CCOC(=O)CS(=O)(=O)c1ccc(C(F)(F)F)cc1[N+](=O)[O-]. The molecule has 0 unspecified atom stereocenters. The molecule has 122 valence electrons. The van der Waals surface area contributed by atoms with Gasteiger partial charge >= 0.3 is 12.1 Å². The standard InChI is InChI=1S/C11H10F3NO6S/c1-2-21-10(16)6-22(19,20)9-4-3-7(11(12,13)14)5-8(9)15(17)18/h3-5H,2,6H2,1H3. The van der Waals surface area contributed by atoms with Crippen molar-refractivity contribution in [3.8, 4) is 0 Å². The summed E-state index contributed by atoms with van der Waals surface area (Å²) in [5.41, 5.74) is -2.62. The molecule has 0 radical (unpaired) electrons. The van der Waals surface area contributed by atoms with E-state index in [4.69, 9.17) is 0 Å². The number of hydrogen-bond donors (Lipinski definition) is 0. The van der Waals surface area contributed by atoms with Gasteiger partial charge in [-0.3, -0.25) is 14.9 Å². The molecule has 1 rings (SSSR count). The molecular formula is C11H10F3NO6S. The van der Waals surface area contributed by atoms with Crippen LogP contribution in [0.15, 0.2) is 23.1 Å². The molecule has 0 atom stereocenters. The zero-order valence-corrected chi connectivity index (χ0v) is 11.9. The van der Waals surface area contributed by atoms with Crippen LogP contribution in [0.25, 0.3) is 0 Å². The maximum absolute atomic E-state index is 12.5. The number of hydrogen-bond acceptors (Lipinski definition) is 6. The van der Waals surface area contributed by atoms with Crippen LogP contribution >= 0.6 is 0 Å². The Kier molecular flexibility index (Phi) is 5.12. The number of benzene rings is 1. The van der Waals surface area contributed by atoms with Gasteiger partial charge in [0.05, 0.1) is 17.1 Å². The van der Waals surface area contributed by atoms with Crippen molar-refractivity contribution < 1.29 is 36.0 Å². The van der Waals surface area contributed by atoms with Crippen LogP contribution in [0.3, 0.4) is 0 Å². The third kappa shape index (κ3) is 4.16. The third-order valence-corrected chi connectivity index (χ3v) is 4.06. The average Bonchev–Trinajstić information content (AvgIpc) is 2.36. The lowest BCUT2D eigenvalue weighted by Gasteiger charge is -2.09. The molecule has 0 heterocycles. The maximum atomic E-state index is 12.5. The van der Waals surface area contributed by atoms with E-state index in [0.717, 1.165) is 0 Å². The minimum absolute atomic E-state index is 0.108. The molecule has 0 aliphatic carbocycles. The summed E-state index contributed by atoms with van der Waals surface area (Å²) in [5, 5.41) is 10.8. The van der Waals surface area contributed by atoms with Crippen molar-refractivity contribution in [1.29, 1.82) is 0 Å². The number of alkyl halides is 3. The van der Waals surface area contributed by atoms with Crippen LogP contribution in [0.1, 0.15) is 12.5 Å². The normalized spacial score (nSPS) is 12.0. The Bertz CT molecular complexity index is 698. The molecule has 0 saturated carbocycles. The highest BCUT2D eigenvalue weighted by Crippen LogP contribution is 2.34. The molecule has 0 spiro atoms. The van der Waals surface area contributed by atoms with Crippen LogP contribution in [0.5, 0.6) is 0 Å². The number of sulfone groups is 1. The molecule has 0 fully saturated rings. The Morgan fingerprint density at radius 2 is 1.95 bits per heavy atom. The molecule has 1 aromatic rings. The molecule has 0 amide bonds. The first-order chi connectivity index (χ1) is 9.99. The zero-order chi connectivity index (χ0) is 17.1. The Morgan fingerprint density at radius 3 is 2.41 bits per heavy atom. The highest BCUT2D eigenvalue weighted by molar-refractivity contribution is 7.92. The van der Waals surface area contributed by atoms with Gasteiger partial charge in [0.25, 0.3) is 5.69 Å². The fraction of sp³-hybridized carbons (Fsp3) is 0.364. The van der Waals surface area contributed by atoms with Gasteiger partial charge in [0, 0.05) is 6.07 Å². The summed E-state index contributed by atoms with van der Waals surface area (Å²) in [5.74, 6) is -2.36. The van der Waals surface area contributed by atoms with Crippen molar-refractivity contribution in [2.75, 3.05) is 12.4 Å². The van der Waals surface area contributed by atoms with Crippen molar-refractivity contribution >= 4 is 21.5 Å². The fourth-order valence-electron chi connectivity index (χ4n) is 1.53. The number of carbonyl (C=O) groups excluding carboxylic acids is 1. The van der Waals surface area contributed by atoms with Crippen molar-refractivity contribution in [3.05, 3.63) is 33.9 Å². The molecule has 11 heteroatoms. The van der Waals surface area contributed by atoms with E-state index in [0.29, 0.717) is 12.1 Å². The zero-order valence-electron chi connectivity index (χ0n) is 11.1. The molecular weight excluding hydrogens is 331 g/mol. The van der Waals surface area contributed by atoms with E-state index in [2.05, 4.69) is 4.74 Å². The molecule has 7 nitrogen and oxygen atoms in total. The summed E-state index contributed by atoms with van der Waals surface area (Å²) in [7, 11) is -4.50. The van der Waals surface area contributed by atoms with E-state index < -0.39 is 48.8 Å². The molecule has 0 aliphatic heterocycles. The average molecular weight is 341 g/mol. The van der Waals surface area contributed by atoms with Crippen LogP contribution in [-0.4, -0.2) is 31.7 Å². The van der Waals surface area contributed by atoms with Gasteiger partial charge < -0.3 is 4.74 Å². The molecule has 0 aliphatic rings. The molecule has 0 saturated heterocycles. The van der Waals surface area contributed by atoms with E-state index in [9.17, 15) is 36.5 Å². The number of nitro benzene ring substituents is 1. The van der Waals surface area contributed by atoms with E-state index in [1.165, 1.54) is 6.92 Å². The minimum Gasteiger partial charge on any atom is -0.465 e. The smallest absolute Gasteiger partial charge is 0.416 e. The number of rotatable bonds is 5. The van der Waals surface area contributed by atoms with E-state index in [1.807, 2.05) is 0 Å². The van der Waals surface area contributed by atoms with Crippen LogP contribution in [0, 0.1) is 10.1 Å². The Hall–Kier alpha value is -2.17. The number of nitro groups is 1. The summed E-state index contributed by atoms with van der Waals surface area (Å²) in [6.07, 6.45) is -4.87. The van der Waals surface area contributed by atoms with Crippen LogP contribution in [0.4, 0.5) is 18.9 Å². The quantitative estimate of drug-likeness (QED) is 0.461. The largest absolute Gasteiger partial charge is 0.465 e. The van der Waals surface area contributed by atoms with Crippen molar-refractivity contribution in [2.24, 2.45) is 0 Å². The predicted octanol–water partition coefficient (Wildman–Crippen LogP) is 1.95. The summed E-state index contributed by atoms with van der Waals surface area (Å²) in [6.45, 7) is 1.31. The second-order valence-electron chi connectivity index (χ2n) is 4.00. The Labute approximate surface area is 122 Å². The lowest BCUT2D eigenvalue weighted by Crippen LogP contribution is -2.20. The van der Waals surface area contributed by atoms with E-state index in [1.54, 1.807) is 0 Å². The summed E-state index contributed by atoms with van der Waals surface area (Å²) in [4.78, 5) is 19.8. The Morgan fingerprint density at radius 1 is 1.36 bits per heavy atom. The molecule has 0 bridgehead atoms. The van der Waals surface area contributed by atoms with Crippen molar-refractivity contribution in [3.63, 3.8) is 0 Å². The number of ether oxygens (including phenoxy) is 1. The monoisotopic (exact) mass is 341 g/mol. The first-order valence-electron chi connectivity index (χ1n) is 5.73. The summed E-state index contributed by atoms with van der Waals surface area (Å²) in [6, 6.07) is 0.957. The second kappa shape index (κ2) is 6.30. The minimum atomic E-state index is -4.87. The number of nitrogens with zero attached hydrogens (tertiary/aromatic N) is 1. The molecule has 0 aromatic heterocycles. The lowest BCUT2D eigenvalue weighted by molar-refractivity contribution is -0.388. The van der Waals surface area contributed by atoms with E-state index in [-0.39, 0.29) is 12.7 Å². The Balaban J connectivity index is 3.35. The van der Waals surface area contributed by atoms with Gasteiger partial charge in [-0.25, -0.2) is 8.42 Å². The maximum Gasteiger partial charge on any atom is 0.416 e. The van der Waals surface area contributed by atoms with Gasteiger partial charge in [0.15, 0.2) is 15.6 Å². The van der Waals surface area contributed by atoms with Gasteiger partial charge in [0.2, 0.25) is 0 Å². The number of carbonyl (C=O) groups is 1. The van der Waals surface area contributed by atoms with Gasteiger partial charge in [-0.1, -0.05) is 0 Å². The first kappa shape index (κ1) is 17.9. The van der Waals surface area contributed by atoms with Crippen molar-refractivity contribution in [2.45, 2.75) is 18.0 Å². The highest BCUT2D eigenvalue weighted by atomic mass is 32.2. The van der Waals surface area contributed by atoms with Crippen LogP contribution < -0.4 is 0 Å². The molecule has 0 N–H and O–H groups in total. The van der Waals surface area contributed by atoms with E-state index >= 15 is 0 Å². The third-order valence-electron chi connectivity index (χ3n) is 2.43. The summed E-state index contributed by atoms with van der Waals surface area (Å²) < 4.78 is 65.8. The number of esters is 1. The van der Waals surface area contributed by atoms with Gasteiger partial charge in [-0.15, -0.1) is 0 Å². The number of halogens is 3. The second-order valence-corrected chi connectivity index (χ2v) is 5.96. The fourth-order valence-corrected chi connectivity index (χ4v) is 2.81. The first-order valence-corrected chi connectivity index (χ1v) is 7.38. The topological polar surface area (TPSA) is 104 Å². The highest BCUT2D eigenvalue weighted by Gasteiger charge is 2.36. The van der Waals surface area contributed by atoms with Gasteiger partial charge in [-0.05, 0) is 19.1 Å². The van der Waals surface area contributed by atoms with Crippen LogP contribution in [-0.2, 0) is 25.5 Å². The molecule has 1 aromatic carbocycles. The summed E-state index contributed by atoms with van der Waals surface area (Å²) >= 11 is 0. The van der Waals surface area contributed by atoms with Gasteiger partial charge in [0.1, 0.15) is 4.90 Å². The molecule has 22 heavy (non-hydrogen) atoms. The van der Waals surface area contributed by atoms with Crippen LogP contribution in [0.2, 0.25) is 0 Å². The lowest BCUT2D eigenvalue weighted by atomic mass is 10.2. The van der Waals surface area contributed by atoms with Gasteiger partial charge in [-0.2, -0.15) is 13.2 Å². The predicted molar refractivity (Wildman–Crippen MR) is 66.8 cm³/mol.